The van der Waals surface area contributed by atoms with Gasteiger partial charge in [-0.2, -0.15) is 0 Å². The lowest BCUT2D eigenvalue weighted by Gasteiger charge is -2.17. The van der Waals surface area contributed by atoms with Crippen molar-refractivity contribution in [3.8, 4) is 0 Å². The van der Waals surface area contributed by atoms with Gasteiger partial charge in [0.15, 0.2) is 0 Å². The Balaban J connectivity index is 4.27. The SMILES string of the molecule is CCOC(=O)C(CC(C)OCC)C(C)=O. The van der Waals surface area contributed by atoms with Crippen molar-refractivity contribution in [1.82, 2.24) is 0 Å². The van der Waals surface area contributed by atoms with E-state index in [-0.39, 0.29) is 11.9 Å². The van der Waals surface area contributed by atoms with Crippen LogP contribution in [0.15, 0.2) is 0 Å². The highest BCUT2D eigenvalue weighted by atomic mass is 16.5. The zero-order valence-corrected chi connectivity index (χ0v) is 9.91. The van der Waals surface area contributed by atoms with Crippen LogP contribution in [0.1, 0.15) is 34.1 Å². The summed E-state index contributed by atoms with van der Waals surface area (Å²) in [5.41, 5.74) is 0. The number of carbonyl (C=O) groups is 2. The van der Waals surface area contributed by atoms with Crippen molar-refractivity contribution >= 4 is 11.8 Å². The Kier molecular flexibility index (Phi) is 6.96. The van der Waals surface area contributed by atoms with Gasteiger partial charge in [0, 0.05) is 6.61 Å². The van der Waals surface area contributed by atoms with Crippen molar-refractivity contribution in [2.24, 2.45) is 5.92 Å². The van der Waals surface area contributed by atoms with E-state index in [1.54, 1.807) is 6.92 Å². The van der Waals surface area contributed by atoms with Crippen LogP contribution >= 0.6 is 0 Å². The predicted molar refractivity (Wildman–Crippen MR) is 56.5 cm³/mol. The zero-order valence-electron chi connectivity index (χ0n) is 9.91. The number of Topliss-reactive ketones (excluding diaryl/α,β-unsaturated/α-hetero) is 1. The maximum atomic E-state index is 11.4. The van der Waals surface area contributed by atoms with Crippen molar-refractivity contribution in [1.29, 1.82) is 0 Å². The molecule has 0 N–H and O–H groups in total. The summed E-state index contributed by atoms with van der Waals surface area (Å²) in [5, 5.41) is 0. The normalized spacial score (nSPS) is 14.4. The van der Waals surface area contributed by atoms with E-state index in [1.807, 2.05) is 13.8 Å². The van der Waals surface area contributed by atoms with E-state index in [1.165, 1.54) is 6.92 Å². The zero-order chi connectivity index (χ0) is 11.8. The summed E-state index contributed by atoms with van der Waals surface area (Å²) >= 11 is 0. The van der Waals surface area contributed by atoms with Crippen LogP contribution in [0.2, 0.25) is 0 Å². The van der Waals surface area contributed by atoms with Crippen LogP contribution in [-0.2, 0) is 19.1 Å². The number of hydrogen-bond donors (Lipinski definition) is 0. The van der Waals surface area contributed by atoms with Crippen molar-refractivity contribution in [3.63, 3.8) is 0 Å². The molecule has 2 atom stereocenters. The first-order chi connectivity index (χ1) is 7.02. The average molecular weight is 216 g/mol. The highest BCUT2D eigenvalue weighted by Crippen LogP contribution is 2.12. The molecule has 0 bridgehead atoms. The van der Waals surface area contributed by atoms with E-state index in [2.05, 4.69) is 0 Å². The van der Waals surface area contributed by atoms with Gasteiger partial charge in [-0.15, -0.1) is 0 Å². The third kappa shape index (κ3) is 5.52. The van der Waals surface area contributed by atoms with E-state index < -0.39 is 11.9 Å². The molecule has 0 heterocycles. The van der Waals surface area contributed by atoms with Crippen molar-refractivity contribution in [3.05, 3.63) is 0 Å². The highest BCUT2D eigenvalue weighted by Gasteiger charge is 2.26. The van der Waals surface area contributed by atoms with Crippen LogP contribution in [-0.4, -0.2) is 31.1 Å². The van der Waals surface area contributed by atoms with Gasteiger partial charge in [0.05, 0.1) is 12.7 Å². The molecule has 88 valence electrons. The molecule has 0 saturated heterocycles. The Morgan fingerprint density at radius 1 is 1.20 bits per heavy atom. The number of ether oxygens (including phenoxy) is 2. The van der Waals surface area contributed by atoms with Crippen LogP contribution in [0.25, 0.3) is 0 Å². The maximum Gasteiger partial charge on any atom is 0.316 e. The van der Waals surface area contributed by atoms with Crippen LogP contribution in [0.5, 0.6) is 0 Å². The van der Waals surface area contributed by atoms with Gasteiger partial charge >= 0.3 is 5.97 Å². The van der Waals surface area contributed by atoms with Crippen LogP contribution in [0.4, 0.5) is 0 Å². The van der Waals surface area contributed by atoms with E-state index in [0.717, 1.165) is 0 Å². The molecule has 0 saturated carbocycles. The van der Waals surface area contributed by atoms with Crippen LogP contribution < -0.4 is 0 Å². The van der Waals surface area contributed by atoms with E-state index in [0.29, 0.717) is 19.6 Å². The fourth-order valence-electron chi connectivity index (χ4n) is 1.36. The summed E-state index contributed by atoms with van der Waals surface area (Å²) in [4.78, 5) is 22.7. The fraction of sp³-hybridized carbons (Fsp3) is 0.818. The van der Waals surface area contributed by atoms with Crippen molar-refractivity contribution in [2.75, 3.05) is 13.2 Å². The third-order valence-corrected chi connectivity index (χ3v) is 2.08. The molecule has 0 aliphatic heterocycles. The van der Waals surface area contributed by atoms with Gasteiger partial charge in [0.2, 0.25) is 0 Å². The summed E-state index contributed by atoms with van der Waals surface area (Å²) in [5.74, 6) is -1.30. The molecule has 0 radical (unpaired) electrons. The minimum atomic E-state index is -0.688. The molecule has 0 amide bonds. The van der Waals surface area contributed by atoms with Crippen LogP contribution in [0.3, 0.4) is 0 Å². The molecule has 0 rings (SSSR count). The second kappa shape index (κ2) is 7.40. The Morgan fingerprint density at radius 3 is 2.20 bits per heavy atom. The molecule has 0 aromatic rings. The molecule has 0 spiro atoms. The molecule has 15 heavy (non-hydrogen) atoms. The Bertz CT molecular complexity index is 213. The largest absolute Gasteiger partial charge is 0.465 e. The second-order valence-corrected chi connectivity index (χ2v) is 3.42. The molecule has 4 nitrogen and oxygen atoms in total. The number of hydrogen-bond acceptors (Lipinski definition) is 4. The highest BCUT2D eigenvalue weighted by molar-refractivity contribution is 5.97. The number of esters is 1. The lowest BCUT2D eigenvalue weighted by atomic mass is 9.98. The fourth-order valence-corrected chi connectivity index (χ4v) is 1.36. The van der Waals surface area contributed by atoms with E-state index >= 15 is 0 Å². The topological polar surface area (TPSA) is 52.6 Å². The molecule has 0 fully saturated rings. The van der Waals surface area contributed by atoms with Gasteiger partial charge < -0.3 is 9.47 Å². The third-order valence-electron chi connectivity index (χ3n) is 2.08. The van der Waals surface area contributed by atoms with Gasteiger partial charge in [-0.25, -0.2) is 0 Å². The minimum absolute atomic E-state index is 0.103. The molecular weight excluding hydrogens is 196 g/mol. The Morgan fingerprint density at radius 2 is 1.80 bits per heavy atom. The molecule has 0 aromatic carbocycles. The standard InChI is InChI=1S/C11H20O4/c1-5-14-8(3)7-10(9(4)12)11(13)15-6-2/h8,10H,5-7H2,1-4H3. The number of ketones is 1. The maximum absolute atomic E-state index is 11.4. The summed E-state index contributed by atoms with van der Waals surface area (Å²) in [6.45, 7) is 7.73. The minimum Gasteiger partial charge on any atom is -0.465 e. The average Bonchev–Trinajstić information content (AvgIpc) is 2.14. The smallest absolute Gasteiger partial charge is 0.316 e. The summed E-state index contributed by atoms with van der Waals surface area (Å²) in [6.07, 6.45) is 0.287. The first-order valence-electron chi connectivity index (χ1n) is 5.31. The molecule has 4 heteroatoms. The van der Waals surface area contributed by atoms with Gasteiger partial charge in [0.25, 0.3) is 0 Å². The molecule has 0 aliphatic carbocycles. The Hall–Kier alpha value is -0.900. The lowest BCUT2D eigenvalue weighted by Crippen LogP contribution is -2.28. The first kappa shape index (κ1) is 14.1. The van der Waals surface area contributed by atoms with Gasteiger partial charge in [-0.05, 0) is 34.1 Å². The molecule has 0 aromatic heterocycles. The molecule has 0 aliphatic rings. The number of carbonyl (C=O) groups excluding carboxylic acids is 2. The van der Waals surface area contributed by atoms with Gasteiger partial charge in [0.1, 0.15) is 11.7 Å². The summed E-state index contributed by atoms with van der Waals surface area (Å²) in [7, 11) is 0. The predicted octanol–water partition coefficient (Wildman–Crippen LogP) is 1.57. The van der Waals surface area contributed by atoms with Crippen LogP contribution in [0, 0.1) is 5.92 Å². The van der Waals surface area contributed by atoms with Crippen molar-refractivity contribution < 1.29 is 19.1 Å². The molecular formula is C11H20O4. The second-order valence-electron chi connectivity index (χ2n) is 3.42. The lowest BCUT2D eigenvalue weighted by molar-refractivity contribution is -0.152. The Labute approximate surface area is 90.9 Å². The van der Waals surface area contributed by atoms with Crippen molar-refractivity contribution in [2.45, 2.75) is 40.2 Å². The molecule has 2 unspecified atom stereocenters. The van der Waals surface area contributed by atoms with Gasteiger partial charge in [-0.3, -0.25) is 9.59 Å². The van der Waals surface area contributed by atoms with E-state index in [4.69, 9.17) is 9.47 Å². The quantitative estimate of drug-likeness (QED) is 0.479. The summed E-state index contributed by atoms with van der Waals surface area (Å²) in [6, 6.07) is 0. The number of rotatable bonds is 7. The summed E-state index contributed by atoms with van der Waals surface area (Å²) < 4.78 is 10.1. The first-order valence-corrected chi connectivity index (χ1v) is 5.31. The van der Waals surface area contributed by atoms with E-state index in [9.17, 15) is 9.59 Å². The monoisotopic (exact) mass is 216 g/mol. The van der Waals surface area contributed by atoms with Gasteiger partial charge in [-0.1, -0.05) is 0 Å².